The van der Waals surface area contributed by atoms with Crippen molar-refractivity contribution in [2.45, 2.75) is 11.4 Å². The van der Waals surface area contributed by atoms with Crippen LogP contribution in [0.15, 0.2) is 47.5 Å². The van der Waals surface area contributed by atoms with Gasteiger partial charge < -0.3 is 10.7 Å². The maximum atomic E-state index is 12.3. The number of nitrogens with two attached hydrogens (primary N) is 1. The van der Waals surface area contributed by atoms with E-state index in [4.69, 9.17) is 5.73 Å². The highest BCUT2D eigenvalue weighted by atomic mass is 32.2. The van der Waals surface area contributed by atoms with Gasteiger partial charge in [0.1, 0.15) is 4.90 Å². The number of sulfonamides is 1. The highest BCUT2D eigenvalue weighted by Gasteiger charge is 2.22. The second-order valence-corrected chi connectivity index (χ2v) is 5.84. The summed E-state index contributed by atoms with van der Waals surface area (Å²) in [5.74, 6) is 0. The van der Waals surface area contributed by atoms with E-state index < -0.39 is 10.0 Å². The Balaban J connectivity index is 2.37. The lowest BCUT2D eigenvalue weighted by Gasteiger charge is -2.18. The second kappa shape index (κ2) is 4.83. The Morgan fingerprint density at radius 1 is 1.28 bits per heavy atom. The molecule has 0 amide bonds. The van der Waals surface area contributed by atoms with Gasteiger partial charge in [-0.3, -0.25) is 4.31 Å². The van der Waals surface area contributed by atoms with E-state index in [0.717, 1.165) is 0 Å². The van der Waals surface area contributed by atoms with E-state index in [9.17, 15) is 8.42 Å². The smallest absolute Gasteiger partial charge is 0.265 e. The minimum atomic E-state index is -3.53. The lowest BCUT2D eigenvalue weighted by molar-refractivity contribution is 0.594. The molecule has 0 aliphatic heterocycles. The number of aromatic amines is 1. The molecule has 0 spiro atoms. The third kappa shape index (κ3) is 2.25. The van der Waals surface area contributed by atoms with Gasteiger partial charge in [0.15, 0.2) is 0 Å². The van der Waals surface area contributed by atoms with Crippen molar-refractivity contribution in [2.75, 3.05) is 11.4 Å². The zero-order valence-corrected chi connectivity index (χ0v) is 10.8. The van der Waals surface area contributed by atoms with Crippen molar-refractivity contribution in [3.05, 3.63) is 48.3 Å². The topological polar surface area (TPSA) is 79.2 Å². The highest BCUT2D eigenvalue weighted by molar-refractivity contribution is 7.92. The lowest BCUT2D eigenvalue weighted by Crippen LogP contribution is -2.26. The lowest BCUT2D eigenvalue weighted by atomic mass is 10.3. The van der Waals surface area contributed by atoms with Crippen molar-refractivity contribution in [2.24, 2.45) is 5.73 Å². The zero-order chi connectivity index (χ0) is 13.2. The Hall–Kier alpha value is -1.79. The summed E-state index contributed by atoms with van der Waals surface area (Å²) in [5.41, 5.74) is 6.76. The second-order valence-electron chi connectivity index (χ2n) is 3.87. The van der Waals surface area contributed by atoms with Gasteiger partial charge in [-0.1, -0.05) is 18.2 Å². The van der Waals surface area contributed by atoms with Crippen LogP contribution in [0.5, 0.6) is 0 Å². The molecule has 96 valence electrons. The van der Waals surface area contributed by atoms with Crippen molar-refractivity contribution in [1.82, 2.24) is 4.98 Å². The third-order valence-corrected chi connectivity index (χ3v) is 4.48. The molecule has 0 unspecified atom stereocenters. The van der Waals surface area contributed by atoms with Gasteiger partial charge in [0.2, 0.25) is 0 Å². The molecular formula is C12H15N3O2S. The molecule has 5 nitrogen and oxygen atoms in total. The van der Waals surface area contributed by atoms with Crippen LogP contribution in [0.1, 0.15) is 5.69 Å². The summed E-state index contributed by atoms with van der Waals surface area (Å²) in [6, 6.07) is 10.5. The number of H-pyrrole nitrogens is 1. The molecule has 0 atom stereocenters. The number of hydrogen-bond donors (Lipinski definition) is 2. The van der Waals surface area contributed by atoms with Gasteiger partial charge in [-0.2, -0.15) is 0 Å². The molecule has 6 heteroatoms. The van der Waals surface area contributed by atoms with E-state index in [0.29, 0.717) is 11.4 Å². The summed E-state index contributed by atoms with van der Waals surface area (Å²) in [6.45, 7) is 0.282. The number of benzene rings is 1. The van der Waals surface area contributed by atoms with Gasteiger partial charge >= 0.3 is 0 Å². The van der Waals surface area contributed by atoms with Gasteiger partial charge in [0.25, 0.3) is 10.0 Å². The summed E-state index contributed by atoms with van der Waals surface area (Å²) < 4.78 is 25.9. The molecule has 0 bridgehead atoms. The first kappa shape index (κ1) is 12.7. The summed E-state index contributed by atoms with van der Waals surface area (Å²) in [5, 5.41) is 0. The quantitative estimate of drug-likeness (QED) is 0.874. The molecule has 2 rings (SSSR count). The van der Waals surface area contributed by atoms with E-state index >= 15 is 0 Å². The number of hydrogen-bond acceptors (Lipinski definition) is 3. The largest absolute Gasteiger partial charge is 0.363 e. The van der Waals surface area contributed by atoms with E-state index in [1.165, 1.54) is 17.5 Å². The summed E-state index contributed by atoms with van der Waals surface area (Å²) in [4.78, 5) is 3.05. The van der Waals surface area contributed by atoms with Crippen LogP contribution in [-0.2, 0) is 16.6 Å². The fourth-order valence-corrected chi connectivity index (χ4v) is 2.84. The SMILES string of the molecule is CN(c1ccccc1)S(=O)(=O)c1c[nH]c(CN)c1. The van der Waals surface area contributed by atoms with Crippen LogP contribution in [0.25, 0.3) is 0 Å². The Bertz CT molecular complexity index is 620. The minimum absolute atomic E-state index is 0.217. The number of anilines is 1. The standard InChI is InChI=1S/C12H15N3O2S/c1-15(11-5-3-2-4-6-11)18(16,17)12-7-10(8-13)14-9-12/h2-7,9,14H,8,13H2,1H3. The van der Waals surface area contributed by atoms with Crippen LogP contribution in [0, 0.1) is 0 Å². The average molecular weight is 265 g/mol. The number of nitrogens with one attached hydrogen (secondary N) is 1. The molecule has 0 fully saturated rings. The van der Waals surface area contributed by atoms with Gasteiger partial charge in [-0.15, -0.1) is 0 Å². The zero-order valence-electron chi connectivity index (χ0n) is 10.00. The van der Waals surface area contributed by atoms with E-state index in [1.807, 2.05) is 6.07 Å². The van der Waals surface area contributed by atoms with Crippen LogP contribution >= 0.6 is 0 Å². The molecular weight excluding hydrogens is 250 g/mol. The normalized spacial score (nSPS) is 11.4. The Labute approximate surface area is 106 Å². The van der Waals surface area contributed by atoms with Crippen LogP contribution < -0.4 is 10.0 Å². The molecule has 0 aliphatic carbocycles. The van der Waals surface area contributed by atoms with E-state index in [2.05, 4.69) is 4.98 Å². The summed E-state index contributed by atoms with van der Waals surface area (Å²) in [7, 11) is -2.01. The molecule has 1 aromatic heterocycles. The van der Waals surface area contributed by atoms with Crippen LogP contribution in [-0.4, -0.2) is 20.4 Å². The highest BCUT2D eigenvalue weighted by Crippen LogP contribution is 2.21. The van der Waals surface area contributed by atoms with Crippen LogP contribution in [0.3, 0.4) is 0 Å². The summed E-state index contributed by atoms with van der Waals surface area (Å²) >= 11 is 0. The first-order valence-corrected chi connectivity index (χ1v) is 6.91. The fourth-order valence-electron chi connectivity index (χ4n) is 1.62. The molecule has 3 N–H and O–H groups in total. The van der Waals surface area contributed by atoms with E-state index in [1.54, 1.807) is 30.3 Å². The molecule has 0 saturated carbocycles. The number of aromatic nitrogens is 1. The third-order valence-electron chi connectivity index (χ3n) is 2.71. The van der Waals surface area contributed by atoms with Crippen molar-refractivity contribution in [3.63, 3.8) is 0 Å². The first-order chi connectivity index (χ1) is 8.55. The van der Waals surface area contributed by atoms with Crippen molar-refractivity contribution >= 4 is 15.7 Å². The molecule has 0 aliphatic rings. The minimum Gasteiger partial charge on any atom is -0.363 e. The number of rotatable bonds is 4. The Kier molecular flexibility index (Phi) is 3.40. The molecule has 0 radical (unpaired) electrons. The predicted molar refractivity (Wildman–Crippen MR) is 70.7 cm³/mol. The maximum Gasteiger partial charge on any atom is 0.265 e. The van der Waals surface area contributed by atoms with Crippen molar-refractivity contribution in [3.8, 4) is 0 Å². The van der Waals surface area contributed by atoms with Gasteiger partial charge in [-0.05, 0) is 18.2 Å². The molecule has 1 heterocycles. The van der Waals surface area contributed by atoms with Crippen molar-refractivity contribution < 1.29 is 8.42 Å². The van der Waals surface area contributed by atoms with E-state index in [-0.39, 0.29) is 11.4 Å². The molecule has 18 heavy (non-hydrogen) atoms. The van der Waals surface area contributed by atoms with Crippen LogP contribution in [0.4, 0.5) is 5.69 Å². The van der Waals surface area contributed by atoms with Gasteiger partial charge in [-0.25, -0.2) is 8.42 Å². The van der Waals surface area contributed by atoms with Gasteiger partial charge in [0, 0.05) is 25.5 Å². The fraction of sp³-hybridized carbons (Fsp3) is 0.167. The monoisotopic (exact) mass is 265 g/mol. The maximum absolute atomic E-state index is 12.3. The average Bonchev–Trinajstić information content (AvgIpc) is 2.88. The van der Waals surface area contributed by atoms with Gasteiger partial charge in [0.05, 0.1) is 5.69 Å². The Morgan fingerprint density at radius 3 is 2.50 bits per heavy atom. The van der Waals surface area contributed by atoms with Crippen LogP contribution in [0.2, 0.25) is 0 Å². The molecule has 1 aromatic carbocycles. The first-order valence-electron chi connectivity index (χ1n) is 5.47. The predicted octanol–water partition coefficient (Wildman–Crippen LogP) is 1.30. The Morgan fingerprint density at radius 2 is 1.94 bits per heavy atom. The molecule has 0 saturated heterocycles. The summed E-state index contributed by atoms with van der Waals surface area (Å²) in [6.07, 6.45) is 1.46. The van der Waals surface area contributed by atoms with Crippen molar-refractivity contribution in [1.29, 1.82) is 0 Å². The number of nitrogens with zero attached hydrogens (tertiary/aromatic N) is 1. The molecule has 2 aromatic rings. The number of para-hydroxylation sites is 1.